The van der Waals surface area contributed by atoms with E-state index < -0.39 is 11.6 Å². The van der Waals surface area contributed by atoms with Gasteiger partial charge < -0.3 is 4.52 Å². The van der Waals surface area contributed by atoms with Gasteiger partial charge in [-0.2, -0.15) is 4.98 Å². The van der Waals surface area contributed by atoms with Crippen molar-refractivity contribution in [3.63, 3.8) is 0 Å². The number of hydrogen-bond donors (Lipinski definition) is 0. The fourth-order valence-corrected chi connectivity index (χ4v) is 3.90. The Kier molecular flexibility index (Phi) is 5.44. The fourth-order valence-electron chi connectivity index (χ4n) is 3.55. The van der Waals surface area contributed by atoms with Gasteiger partial charge in [0, 0.05) is 11.1 Å². The number of rotatable bonds is 4. The summed E-state index contributed by atoms with van der Waals surface area (Å²) in [5.74, 6) is -0.299. The van der Waals surface area contributed by atoms with Gasteiger partial charge >= 0.3 is 0 Å². The lowest BCUT2D eigenvalue weighted by atomic mass is 10.1. The van der Waals surface area contributed by atoms with Crippen LogP contribution < -0.4 is 0 Å². The number of hydrogen-bond acceptors (Lipinski definition) is 4. The standard InChI is InChI=1S/C24H14Cl2F2N4O/c1-13-29-24(33-31-13)21-22(15-10-11-18(27)17(26)12-15)32(19-9-5-8-16(25)20(19)28)23(30-21)14-6-3-2-4-7-14/h2-12H,1H3. The predicted molar refractivity (Wildman–Crippen MR) is 122 cm³/mol. The van der Waals surface area contributed by atoms with Crippen molar-refractivity contribution in [2.45, 2.75) is 6.92 Å². The van der Waals surface area contributed by atoms with Crippen LogP contribution in [0.1, 0.15) is 5.82 Å². The molecule has 164 valence electrons. The molecule has 5 rings (SSSR count). The van der Waals surface area contributed by atoms with E-state index in [0.29, 0.717) is 28.5 Å². The van der Waals surface area contributed by atoms with Gasteiger partial charge in [-0.05, 0) is 37.3 Å². The van der Waals surface area contributed by atoms with Crippen molar-refractivity contribution >= 4 is 23.2 Å². The first-order chi connectivity index (χ1) is 15.9. The van der Waals surface area contributed by atoms with E-state index in [2.05, 4.69) is 10.1 Å². The van der Waals surface area contributed by atoms with E-state index in [4.69, 9.17) is 32.7 Å². The second-order valence-electron chi connectivity index (χ2n) is 7.18. The largest absolute Gasteiger partial charge is 0.332 e. The van der Waals surface area contributed by atoms with Crippen molar-refractivity contribution in [2.24, 2.45) is 0 Å². The molecule has 0 saturated heterocycles. The van der Waals surface area contributed by atoms with Crippen LogP contribution >= 0.6 is 23.2 Å². The zero-order valence-electron chi connectivity index (χ0n) is 17.1. The van der Waals surface area contributed by atoms with Crippen LogP contribution in [0.2, 0.25) is 10.0 Å². The summed E-state index contributed by atoms with van der Waals surface area (Å²) in [6.07, 6.45) is 0. The number of nitrogens with zero attached hydrogens (tertiary/aromatic N) is 4. The average Bonchev–Trinajstić information content (AvgIpc) is 3.42. The van der Waals surface area contributed by atoms with E-state index >= 15 is 4.39 Å². The first-order valence-electron chi connectivity index (χ1n) is 9.82. The molecule has 2 aromatic heterocycles. The quantitative estimate of drug-likeness (QED) is 0.273. The lowest BCUT2D eigenvalue weighted by molar-refractivity contribution is 0.424. The second-order valence-corrected chi connectivity index (χ2v) is 8.00. The molecule has 0 saturated carbocycles. The fraction of sp³-hybridized carbons (Fsp3) is 0.0417. The second kappa shape index (κ2) is 8.42. The van der Waals surface area contributed by atoms with E-state index in [9.17, 15) is 4.39 Å². The highest BCUT2D eigenvalue weighted by Crippen LogP contribution is 2.40. The highest BCUT2D eigenvalue weighted by molar-refractivity contribution is 6.31. The van der Waals surface area contributed by atoms with Crippen LogP contribution in [0.4, 0.5) is 8.78 Å². The molecule has 9 heteroatoms. The minimum absolute atomic E-state index is 0.0570. The van der Waals surface area contributed by atoms with Crippen molar-refractivity contribution in [3.8, 4) is 39.9 Å². The van der Waals surface area contributed by atoms with Crippen LogP contribution in [-0.4, -0.2) is 19.7 Å². The van der Waals surface area contributed by atoms with E-state index in [-0.39, 0.29) is 27.3 Å². The van der Waals surface area contributed by atoms with Crippen molar-refractivity contribution in [1.29, 1.82) is 0 Å². The Hall–Kier alpha value is -3.55. The van der Waals surface area contributed by atoms with Gasteiger partial charge in [0.2, 0.25) is 0 Å². The molecule has 0 amide bonds. The summed E-state index contributed by atoms with van der Waals surface area (Å²) >= 11 is 12.2. The van der Waals surface area contributed by atoms with Gasteiger partial charge in [0.25, 0.3) is 5.89 Å². The first-order valence-corrected chi connectivity index (χ1v) is 10.6. The van der Waals surface area contributed by atoms with Gasteiger partial charge in [-0.1, -0.05) is 64.8 Å². The summed E-state index contributed by atoms with van der Waals surface area (Å²) in [6.45, 7) is 1.67. The molecule has 0 aliphatic heterocycles. The zero-order valence-corrected chi connectivity index (χ0v) is 18.6. The highest BCUT2D eigenvalue weighted by atomic mass is 35.5. The molecular weight excluding hydrogens is 469 g/mol. The van der Waals surface area contributed by atoms with Gasteiger partial charge in [-0.15, -0.1) is 0 Å². The SMILES string of the molecule is Cc1noc(-c2nc(-c3ccccc3)n(-c3cccc(Cl)c3F)c2-c2ccc(F)c(Cl)c2)n1. The lowest BCUT2D eigenvalue weighted by Gasteiger charge is -2.15. The Morgan fingerprint density at radius 1 is 0.848 bits per heavy atom. The third-order valence-corrected chi connectivity index (χ3v) is 5.59. The molecule has 0 spiro atoms. The normalized spacial score (nSPS) is 11.2. The summed E-state index contributed by atoms with van der Waals surface area (Å²) in [7, 11) is 0. The van der Waals surface area contributed by atoms with E-state index in [1.165, 1.54) is 24.3 Å². The van der Waals surface area contributed by atoms with Crippen molar-refractivity contribution in [1.82, 2.24) is 19.7 Å². The topological polar surface area (TPSA) is 56.7 Å². The Bertz CT molecular complexity index is 1480. The number of aromatic nitrogens is 4. The molecule has 0 bridgehead atoms. The smallest absolute Gasteiger partial charge is 0.278 e. The molecule has 3 aromatic carbocycles. The lowest BCUT2D eigenvalue weighted by Crippen LogP contribution is -2.03. The number of imidazole rings is 1. The van der Waals surface area contributed by atoms with Gasteiger partial charge in [0.15, 0.2) is 17.3 Å². The van der Waals surface area contributed by atoms with E-state index in [1.54, 1.807) is 23.6 Å². The van der Waals surface area contributed by atoms with Crippen LogP contribution in [-0.2, 0) is 0 Å². The Morgan fingerprint density at radius 2 is 1.64 bits per heavy atom. The molecule has 5 nitrogen and oxygen atoms in total. The van der Waals surface area contributed by atoms with E-state index in [1.807, 2.05) is 30.3 Å². The third-order valence-electron chi connectivity index (χ3n) is 5.00. The summed E-state index contributed by atoms with van der Waals surface area (Å²) in [5, 5.41) is 3.71. The first kappa shape index (κ1) is 21.3. The molecule has 0 aliphatic carbocycles. The summed E-state index contributed by atoms with van der Waals surface area (Å²) in [4.78, 5) is 9.07. The maximum atomic E-state index is 15.3. The van der Waals surface area contributed by atoms with Crippen LogP contribution in [0.15, 0.2) is 71.3 Å². The molecule has 0 aliphatic rings. The monoisotopic (exact) mass is 482 g/mol. The molecule has 0 radical (unpaired) electrons. The van der Waals surface area contributed by atoms with Crippen LogP contribution in [0.3, 0.4) is 0 Å². The van der Waals surface area contributed by atoms with Gasteiger partial charge in [-0.3, -0.25) is 4.57 Å². The summed E-state index contributed by atoms with van der Waals surface area (Å²) < 4.78 is 36.3. The van der Waals surface area contributed by atoms with Gasteiger partial charge in [0.1, 0.15) is 11.6 Å². The highest BCUT2D eigenvalue weighted by Gasteiger charge is 2.27. The summed E-state index contributed by atoms with van der Waals surface area (Å²) in [5.41, 5.74) is 2.00. The Balaban J connectivity index is 1.93. The van der Waals surface area contributed by atoms with Crippen molar-refractivity contribution in [2.75, 3.05) is 0 Å². The molecule has 0 N–H and O–H groups in total. The molecule has 0 fully saturated rings. The van der Waals surface area contributed by atoms with Gasteiger partial charge in [-0.25, -0.2) is 13.8 Å². The van der Waals surface area contributed by atoms with E-state index in [0.717, 1.165) is 0 Å². The van der Waals surface area contributed by atoms with Gasteiger partial charge in [0.05, 0.1) is 21.4 Å². The number of halogens is 4. The molecule has 33 heavy (non-hydrogen) atoms. The maximum absolute atomic E-state index is 15.3. The maximum Gasteiger partial charge on any atom is 0.278 e. The van der Waals surface area contributed by atoms with Crippen molar-refractivity contribution in [3.05, 3.63) is 94.2 Å². The van der Waals surface area contributed by atoms with Crippen LogP contribution in [0.25, 0.3) is 39.9 Å². The molecular formula is C24H14Cl2F2N4O. The summed E-state index contributed by atoms with van der Waals surface area (Å²) in [6, 6.07) is 18.1. The van der Waals surface area contributed by atoms with Crippen LogP contribution in [0, 0.1) is 18.6 Å². The third kappa shape index (κ3) is 3.79. The predicted octanol–water partition coefficient (Wildman–Crippen LogP) is 7.15. The number of aryl methyl sites for hydroxylation is 1. The molecule has 0 atom stereocenters. The Morgan fingerprint density at radius 3 is 2.33 bits per heavy atom. The molecule has 0 unspecified atom stereocenters. The molecule has 5 aromatic rings. The minimum atomic E-state index is -0.642. The molecule has 2 heterocycles. The Labute approximate surface area is 197 Å². The minimum Gasteiger partial charge on any atom is -0.332 e. The average molecular weight is 483 g/mol. The van der Waals surface area contributed by atoms with Crippen LogP contribution in [0.5, 0.6) is 0 Å². The van der Waals surface area contributed by atoms with Crippen molar-refractivity contribution < 1.29 is 13.3 Å². The number of benzene rings is 3. The zero-order chi connectivity index (χ0) is 23.1.